The topological polar surface area (TPSA) is 105 Å². The molecule has 4 rings (SSSR count). The summed E-state index contributed by atoms with van der Waals surface area (Å²) in [6, 6.07) is 20.1. The lowest BCUT2D eigenvalue weighted by Gasteiger charge is -2.18. The van der Waals surface area contributed by atoms with Gasteiger partial charge in [0, 0.05) is 24.1 Å². The van der Waals surface area contributed by atoms with Gasteiger partial charge in [0.15, 0.2) is 0 Å². The van der Waals surface area contributed by atoms with Gasteiger partial charge in [-0.05, 0) is 73.4 Å². The fourth-order valence-corrected chi connectivity index (χ4v) is 4.67. The van der Waals surface area contributed by atoms with Crippen LogP contribution in [0.2, 0.25) is 0 Å². The number of aromatic nitrogens is 1. The van der Waals surface area contributed by atoms with Gasteiger partial charge in [-0.25, -0.2) is 9.78 Å². The molecule has 2 atom stereocenters. The number of nitrogens with zero attached hydrogens (tertiary/aromatic N) is 1. The number of aliphatic hydroxyl groups is 1. The third-order valence-electron chi connectivity index (χ3n) is 7.00. The minimum atomic E-state index is -4.47. The Kier molecular flexibility index (Phi) is 10.8. The van der Waals surface area contributed by atoms with Gasteiger partial charge in [-0.1, -0.05) is 49.4 Å². The first kappa shape index (κ1) is 32.3. The molecule has 0 unspecified atom stereocenters. The lowest BCUT2D eigenvalue weighted by atomic mass is 10.0. The summed E-state index contributed by atoms with van der Waals surface area (Å²) in [6.45, 7) is 4.09. The third-order valence-corrected chi connectivity index (χ3v) is 7.00. The highest BCUT2D eigenvalue weighted by molar-refractivity contribution is 5.74. The molecule has 1 heterocycles. The van der Waals surface area contributed by atoms with E-state index in [0.717, 1.165) is 47.6 Å². The highest BCUT2D eigenvalue weighted by Gasteiger charge is 2.30. The average Bonchev–Trinajstić information content (AvgIpc) is 3.43. The quantitative estimate of drug-likeness (QED) is 0.131. The van der Waals surface area contributed by atoms with Gasteiger partial charge in [0.1, 0.15) is 17.6 Å². The van der Waals surface area contributed by atoms with Crippen molar-refractivity contribution in [2.75, 3.05) is 6.61 Å². The molecule has 0 amide bonds. The summed E-state index contributed by atoms with van der Waals surface area (Å²) < 4.78 is 50.2. The van der Waals surface area contributed by atoms with Crippen LogP contribution in [0.1, 0.15) is 54.5 Å². The van der Waals surface area contributed by atoms with Gasteiger partial charge >= 0.3 is 12.1 Å². The molecule has 4 aromatic rings. The fourth-order valence-electron chi connectivity index (χ4n) is 4.67. The van der Waals surface area contributed by atoms with Crippen molar-refractivity contribution >= 4 is 5.97 Å². The number of carbonyl (C=O) groups is 1. The molecular weight excluding hydrogens is 573 g/mol. The van der Waals surface area contributed by atoms with Crippen molar-refractivity contribution in [1.29, 1.82) is 0 Å². The van der Waals surface area contributed by atoms with E-state index in [0.29, 0.717) is 30.4 Å². The van der Waals surface area contributed by atoms with Gasteiger partial charge in [0.2, 0.25) is 5.89 Å². The summed E-state index contributed by atoms with van der Waals surface area (Å²) >= 11 is 0. The number of aliphatic carboxylic acids is 1. The van der Waals surface area contributed by atoms with E-state index < -0.39 is 29.9 Å². The third kappa shape index (κ3) is 8.97. The molecule has 10 heteroatoms. The minimum Gasteiger partial charge on any atom is -0.494 e. The summed E-state index contributed by atoms with van der Waals surface area (Å²) in [5, 5.41) is 23.0. The molecule has 0 spiro atoms. The second-order valence-corrected chi connectivity index (χ2v) is 10.4. The van der Waals surface area contributed by atoms with Crippen LogP contribution in [0.5, 0.6) is 5.75 Å². The van der Waals surface area contributed by atoms with Gasteiger partial charge in [-0.3, -0.25) is 0 Å². The standard InChI is InChI=1S/C34H35F3N2O5/c1-3-31-28(39-32(44-31)25-8-5-4-6-9-25)10-7-19-43-27-17-11-23(12-18-27)21-29(33(41)42)38-22(2)20-30(40)24-13-15-26(16-14-24)34(35,36)37/h4-6,8-9,11-18,20,29-30,38,40H,3,7,10,19,21H2,1-2H3,(H,41,42)/b22-20-/t29-,30-/m0/s1. The number of carboxylic acids is 1. The number of aryl methyl sites for hydroxylation is 2. The molecule has 7 nitrogen and oxygen atoms in total. The molecule has 3 aromatic carbocycles. The van der Waals surface area contributed by atoms with Crippen LogP contribution in [-0.2, 0) is 30.2 Å². The second kappa shape index (κ2) is 14.7. The number of oxazole rings is 1. The molecule has 0 saturated carbocycles. The fraction of sp³-hybridized carbons (Fsp3) is 0.294. The molecule has 44 heavy (non-hydrogen) atoms. The Bertz CT molecular complexity index is 1530. The van der Waals surface area contributed by atoms with Gasteiger partial charge in [-0.15, -0.1) is 0 Å². The van der Waals surface area contributed by atoms with Gasteiger partial charge in [0.05, 0.1) is 24.0 Å². The number of hydrogen-bond acceptors (Lipinski definition) is 6. The van der Waals surface area contributed by atoms with Crippen LogP contribution in [0, 0.1) is 0 Å². The Morgan fingerprint density at radius 3 is 2.34 bits per heavy atom. The molecule has 1 aromatic heterocycles. The van der Waals surface area contributed by atoms with Crippen molar-refractivity contribution in [3.05, 3.63) is 119 Å². The van der Waals surface area contributed by atoms with E-state index in [4.69, 9.17) is 9.15 Å². The molecule has 0 radical (unpaired) electrons. The van der Waals surface area contributed by atoms with Gasteiger partial charge in [-0.2, -0.15) is 13.2 Å². The Morgan fingerprint density at radius 1 is 1.05 bits per heavy atom. The first-order valence-corrected chi connectivity index (χ1v) is 14.3. The van der Waals surface area contributed by atoms with E-state index >= 15 is 0 Å². The van der Waals surface area contributed by atoms with Crippen molar-refractivity contribution in [1.82, 2.24) is 10.3 Å². The maximum Gasteiger partial charge on any atom is 0.416 e. The summed E-state index contributed by atoms with van der Waals surface area (Å²) in [6.07, 6.45) is -1.96. The monoisotopic (exact) mass is 608 g/mol. The molecule has 0 fully saturated rings. The van der Waals surface area contributed by atoms with Crippen LogP contribution in [0.4, 0.5) is 13.2 Å². The number of aliphatic hydroxyl groups excluding tert-OH is 1. The average molecular weight is 609 g/mol. The lowest BCUT2D eigenvalue weighted by molar-refractivity contribution is -0.139. The predicted octanol–water partition coefficient (Wildman–Crippen LogP) is 7.16. The zero-order valence-electron chi connectivity index (χ0n) is 24.5. The zero-order valence-corrected chi connectivity index (χ0v) is 24.5. The highest BCUT2D eigenvalue weighted by Crippen LogP contribution is 2.30. The first-order chi connectivity index (χ1) is 21.0. The Morgan fingerprint density at radius 2 is 1.73 bits per heavy atom. The molecule has 0 aliphatic heterocycles. The van der Waals surface area contributed by atoms with Crippen LogP contribution in [0.3, 0.4) is 0 Å². The summed E-state index contributed by atoms with van der Waals surface area (Å²) in [7, 11) is 0. The number of alkyl halides is 3. The smallest absolute Gasteiger partial charge is 0.416 e. The van der Waals surface area contributed by atoms with Gasteiger partial charge < -0.3 is 24.7 Å². The Balaban J connectivity index is 1.27. The number of nitrogens with one attached hydrogen (secondary N) is 1. The molecule has 0 aliphatic carbocycles. The van der Waals surface area contributed by atoms with Crippen LogP contribution < -0.4 is 10.1 Å². The van der Waals surface area contributed by atoms with Crippen molar-refractivity contribution < 1.29 is 37.3 Å². The zero-order chi connectivity index (χ0) is 31.7. The lowest BCUT2D eigenvalue weighted by Crippen LogP contribution is -2.37. The number of rotatable bonds is 14. The number of benzene rings is 3. The summed E-state index contributed by atoms with van der Waals surface area (Å²) in [4.78, 5) is 16.6. The first-order valence-electron chi connectivity index (χ1n) is 14.3. The Hall–Kier alpha value is -4.57. The van der Waals surface area contributed by atoms with E-state index in [1.165, 1.54) is 18.2 Å². The van der Waals surface area contributed by atoms with Crippen LogP contribution >= 0.6 is 0 Å². The number of ether oxygens (including phenoxy) is 1. The molecule has 0 aliphatic rings. The predicted molar refractivity (Wildman–Crippen MR) is 160 cm³/mol. The molecule has 3 N–H and O–H groups in total. The minimum absolute atomic E-state index is 0.160. The van der Waals surface area contributed by atoms with Crippen molar-refractivity contribution in [3.8, 4) is 17.2 Å². The van der Waals surface area contributed by atoms with E-state index in [1.54, 1.807) is 31.2 Å². The number of carboxylic acid groups (broad SMARTS) is 1. The molecular formula is C34H35F3N2O5. The molecule has 232 valence electrons. The van der Waals surface area contributed by atoms with E-state index in [-0.39, 0.29) is 12.0 Å². The van der Waals surface area contributed by atoms with E-state index in [1.807, 2.05) is 37.3 Å². The summed E-state index contributed by atoms with van der Waals surface area (Å²) in [5.41, 5.74) is 2.44. The van der Waals surface area contributed by atoms with Gasteiger partial charge in [0.25, 0.3) is 0 Å². The number of hydrogen-bond donors (Lipinski definition) is 3. The molecule has 0 saturated heterocycles. The second-order valence-electron chi connectivity index (χ2n) is 10.4. The van der Waals surface area contributed by atoms with Crippen LogP contribution in [0.15, 0.2) is 95.1 Å². The highest BCUT2D eigenvalue weighted by atomic mass is 19.4. The maximum absolute atomic E-state index is 12.8. The number of allylic oxidation sites excluding steroid dienone is 1. The van der Waals surface area contributed by atoms with Crippen LogP contribution in [0.25, 0.3) is 11.5 Å². The van der Waals surface area contributed by atoms with E-state index in [2.05, 4.69) is 10.3 Å². The normalized spacial score (nSPS) is 13.4. The largest absolute Gasteiger partial charge is 0.494 e. The SMILES string of the molecule is CCc1oc(-c2ccccc2)nc1CCCOc1ccc(C[C@H](N/C(C)=C\[C@H](O)c2ccc(C(F)(F)F)cc2)C(=O)O)cc1. The van der Waals surface area contributed by atoms with E-state index in [9.17, 15) is 28.2 Å². The summed E-state index contributed by atoms with van der Waals surface area (Å²) in [5.74, 6) is 1.06. The van der Waals surface area contributed by atoms with Crippen LogP contribution in [-0.4, -0.2) is 33.8 Å². The maximum atomic E-state index is 12.8. The molecule has 0 bridgehead atoms. The Labute approximate surface area is 254 Å². The number of halogens is 3. The van der Waals surface area contributed by atoms with Crippen molar-refractivity contribution in [2.24, 2.45) is 0 Å². The van der Waals surface area contributed by atoms with Crippen molar-refractivity contribution in [3.63, 3.8) is 0 Å². The van der Waals surface area contributed by atoms with Crippen molar-refractivity contribution in [2.45, 2.75) is 57.9 Å².